The molecule has 0 aromatic heterocycles. The van der Waals surface area contributed by atoms with E-state index in [2.05, 4.69) is 4.90 Å². The molecule has 1 saturated heterocycles. The first kappa shape index (κ1) is 8.68. The van der Waals surface area contributed by atoms with Crippen LogP contribution in [0.3, 0.4) is 0 Å². The summed E-state index contributed by atoms with van der Waals surface area (Å²) in [5, 5.41) is 0. The highest BCUT2D eigenvalue weighted by Gasteiger charge is 2.33. The molecule has 0 aromatic carbocycles. The van der Waals surface area contributed by atoms with Crippen LogP contribution >= 0.6 is 0 Å². The topological polar surface area (TPSA) is 29.5 Å². The molecular weight excluding hydrogens is 142 g/mol. The molecule has 64 valence electrons. The molecule has 0 radical (unpaired) electrons. The van der Waals surface area contributed by atoms with Crippen molar-refractivity contribution in [2.24, 2.45) is 0 Å². The Hall–Kier alpha value is -0.410. The lowest BCUT2D eigenvalue weighted by Crippen LogP contribution is -2.56. The van der Waals surface area contributed by atoms with Crippen LogP contribution in [0.25, 0.3) is 0 Å². The zero-order valence-electron chi connectivity index (χ0n) is 7.33. The summed E-state index contributed by atoms with van der Waals surface area (Å²) in [5.41, 5.74) is -0.353. The molecule has 0 N–H and O–H groups in total. The molecule has 0 aromatic rings. The summed E-state index contributed by atoms with van der Waals surface area (Å²) in [6.07, 6.45) is 0.978. The molecular formula is C8H15NO2. The van der Waals surface area contributed by atoms with E-state index in [1.54, 1.807) is 0 Å². The first-order valence-electron chi connectivity index (χ1n) is 3.85. The quantitative estimate of drug-likeness (QED) is 0.552. The standard InChI is InChI=1S/C8H15NO2/c1-8(2,6-10)9(3)7-4-11-5-7/h6-7H,4-5H2,1-3H3. The van der Waals surface area contributed by atoms with Crippen molar-refractivity contribution < 1.29 is 9.53 Å². The maximum atomic E-state index is 10.6. The van der Waals surface area contributed by atoms with Crippen molar-refractivity contribution >= 4 is 6.29 Å². The maximum absolute atomic E-state index is 10.6. The van der Waals surface area contributed by atoms with E-state index in [1.165, 1.54) is 0 Å². The molecule has 1 aliphatic heterocycles. The van der Waals surface area contributed by atoms with E-state index in [1.807, 2.05) is 20.9 Å². The molecule has 1 aliphatic rings. The Morgan fingerprint density at radius 1 is 1.55 bits per heavy atom. The van der Waals surface area contributed by atoms with Gasteiger partial charge >= 0.3 is 0 Å². The van der Waals surface area contributed by atoms with Crippen LogP contribution < -0.4 is 0 Å². The minimum absolute atomic E-state index is 0.353. The molecule has 0 atom stereocenters. The van der Waals surface area contributed by atoms with Crippen LogP contribution in [0.15, 0.2) is 0 Å². The molecule has 0 spiro atoms. The van der Waals surface area contributed by atoms with Crippen molar-refractivity contribution in [2.45, 2.75) is 25.4 Å². The van der Waals surface area contributed by atoms with E-state index in [-0.39, 0.29) is 5.54 Å². The van der Waals surface area contributed by atoms with Crippen molar-refractivity contribution in [3.8, 4) is 0 Å². The number of rotatable bonds is 3. The third-order valence-corrected chi connectivity index (χ3v) is 2.37. The van der Waals surface area contributed by atoms with Crippen molar-refractivity contribution in [1.82, 2.24) is 4.90 Å². The van der Waals surface area contributed by atoms with Gasteiger partial charge in [0.1, 0.15) is 6.29 Å². The first-order valence-corrected chi connectivity index (χ1v) is 3.85. The molecule has 0 bridgehead atoms. The van der Waals surface area contributed by atoms with Crippen LogP contribution in [0, 0.1) is 0 Å². The number of nitrogens with zero attached hydrogens (tertiary/aromatic N) is 1. The average Bonchev–Trinajstić information content (AvgIpc) is 1.84. The van der Waals surface area contributed by atoms with Gasteiger partial charge in [-0.15, -0.1) is 0 Å². The number of hydrogen-bond acceptors (Lipinski definition) is 3. The van der Waals surface area contributed by atoms with Crippen molar-refractivity contribution in [3.63, 3.8) is 0 Å². The van der Waals surface area contributed by atoms with Gasteiger partial charge in [0.05, 0.1) is 24.8 Å². The Kier molecular flexibility index (Phi) is 2.30. The van der Waals surface area contributed by atoms with Crippen molar-refractivity contribution in [1.29, 1.82) is 0 Å². The predicted molar refractivity (Wildman–Crippen MR) is 42.5 cm³/mol. The predicted octanol–water partition coefficient (Wildman–Crippen LogP) is 0.294. The largest absolute Gasteiger partial charge is 0.378 e. The van der Waals surface area contributed by atoms with Crippen LogP contribution in [0.2, 0.25) is 0 Å². The number of likely N-dealkylation sites (N-methyl/N-ethyl adjacent to an activating group) is 1. The Labute approximate surface area is 67.3 Å². The van der Waals surface area contributed by atoms with Gasteiger partial charge in [-0.3, -0.25) is 4.90 Å². The maximum Gasteiger partial charge on any atom is 0.139 e. The van der Waals surface area contributed by atoms with E-state index in [9.17, 15) is 4.79 Å². The van der Waals surface area contributed by atoms with Gasteiger partial charge in [-0.2, -0.15) is 0 Å². The zero-order valence-corrected chi connectivity index (χ0v) is 7.33. The fourth-order valence-electron chi connectivity index (χ4n) is 1.00. The molecule has 0 unspecified atom stereocenters. The van der Waals surface area contributed by atoms with Crippen LogP contribution in [0.1, 0.15) is 13.8 Å². The van der Waals surface area contributed by atoms with Gasteiger partial charge in [-0.25, -0.2) is 0 Å². The molecule has 3 nitrogen and oxygen atoms in total. The minimum atomic E-state index is -0.353. The molecule has 1 rings (SSSR count). The summed E-state index contributed by atoms with van der Waals surface area (Å²) < 4.78 is 5.04. The second-order valence-corrected chi connectivity index (χ2v) is 3.57. The summed E-state index contributed by atoms with van der Waals surface area (Å²) in [7, 11) is 1.96. The fourth-order valence-corrected chi connectivity index (χ4v) is 1.00. The lowest BCUT2D eigenvalue weighted by Gasteiger charge is -2.41. The third kappa shape index (κ3) is 1.60. The summed E-state index contributed by atoms with van der Waals surface area (Å²) in [6, 6.07) is 0.426. The van der Waals surface area contributed by atoms with Gasteiger partial charge in [0.25, 0.3) is 0 Å². The molecule has 0 amide bonds. The van der Waals surface area contributed by atoms with E-state index in [0.29, 0.717) is 6.04 Å². The Morgan fingerprint density at radius 2 is 2.09 bits per heavy atom. The minimum Gasteiger partial charge on any atom is -0.378 e. The van der Waals surface area contributed by atoms with E-state index < -0.39 is 0 Å². The number of hydrogen-bond donors (Lipinski definition) is 0. The van der Waals surface area contributed by atoms with Gasteiger partial charge in [0, 0.05) is 0 Å². The molecule has 3 heteroatoms. The number of aldehydes is 1. The number of carbonyl (C=O) groups excluding carboxylic acids is 1. The highest BCUT2D eigenvalue weighted by atomic mass is 16.5. The summed E-state index contributed by atoms with van der Waals surface area (Å²) in [4.78, 5) is 12.7. The van der Waals surface area contributed by atoms with Crippen LogP contribution in [0.5, 0.6) is 0 Å². The molecule has 11 heavy (non-hydrogen) atoms. The molecule has 1 fully saturated rings. The van der Waals surface area contributed by atoms with Gasteiger partial charge in [0.15, 0.2) is 0 Å². The average molecular weight is 157 g/mol. The van der Waals surface area contributed by atoms with Gasteiger partial charge < -0.3 is 9.53 Å². The molecule has 0 aliphatic carbocycles. The highest BCUT2D eigenvalue weighted by molar-refractivity contribution is 5.62. The van der Waals surface area contributed by atoms with Gasteiger partial charge in [0.2, 0.25) is 0 Å². The van der Waals surface area contributed by atoms with E-state index in [4.69, 9.17) is 4.74 Å². The van der Waals surface area contributed by atoms with Crippen LogP contribution in [-0.4, -0.2) is 43.0 Å². The smallest absolute Gasteiger partial charge is 0.139 e. The summed E-state index contributed by atoms with van der Waals surface area (Å²) >= 11 is 0. The fraction of sp³-hybridized carbons (Fsp3) is 0.875. The summed E-state index contributed by atoms with van der Waals surface area (Å²) in [6.45, 7) is 5.35. The molecule has 1 heterocycles. The monoisotopic (exact) mass is 157 g/mol. The number of carbonyl (C=O) groups is 1. The number of ether oxygens (including phenoxy) is 1. The Balaban J connectivity index is 2.50. The highest BCUT2D eigenvalue weighted by Crippen LogP contribution is 2.17. The Bertz CT molecular complexity index is 152. The SMILES string of the molecule is CN(C1COC1)C(C)(C)C=O. The first-order chi connectivity index (χ1) is 5.08. The summed E-state index contributed by atoms with van der Waals surface area (Å²) in [5.74, 6) is 0. The van der Waals surface area contributed by atoms with Gasteiger partial charge in [-0.1, -0.05) is 0 Å². The van der Waals surface area contributed by atoms with Crippen molar-refractivity contribution in [2.75, 3.05) is 20.3 Å². The van der Waals surface area contributed by atoms with Crippen LogP contribution in [-0.2, 0) is 9.53 Å². The van der Waals surface area contributed by atoms with Crippen LogP contribution in [0.4, 0.5) is 0 Å². The lowest BCUT2D eigenvalue weighted by molar-refractivity contribution is -0.126. The second kappa shape index (κ2) is 2.91. The lowest BCUT2D eigenvalue weighted by atomic mass is 10.0. The Morgan fingerprint density at radius 3 is 2.36 bits per heavy atom. The van der Waals surface area contributed by atoms with Crippen molar-refractivity contribution in [3.05, 3.63) is 0 Å². The second-order valence-electron chi connectivity index (χ2n) is 3.57. The van der Waals surface area contributed by atoms with E-state index >= 15 is 0 Å². The molecule has 0 saturated carbocycles. The zero-order chi connectivity index (χ0) is 8.48. The third-order valence-electron chi connectivity index (χ3n) is 2.37. The normalized spacial score (nSPS) is 20.0. The van der Waals surface area contributed by atoms with Gasteiger partial charge in [-0.05, 0) is 20.9 Å². The van der Waals surface area contributed by atoms with E-state index in [0.717, 1.165) is 19.5 Å².